The molecule has 0 atom stereocenters. The maximum absolute atomic E-state index is 14.3. The summed E-state index contributed by atoms with van der Waals surface area (Å²) < 4.78 is 57.7. The smallest absolute Gasteiger partial charge is 0.267 e. The van der Waals surface area contributed by atoms with E-state index in [1.807, 2.05) is 0 Å². The molecule has 0 radical (unpaired) electrons. The van der Waals surface area contributed by atoms with Gasteiger partial charge in [0.1, 0.15) is 17.4 Å². The molecule has 0 spiro atoms. The van der Waals surface area contributed by atoms with Gasteiger partial charge < -0.3 is 15.0 Å². The zero-order chi connectivity index (χ0) is 22.8. The second-order valence-electron chi connectivity index (χ2n) is 7.29. The number of nitrogens with one attached hydrogen (secondary N) is 2. The monoisotopic (exact) mass is 474 g/mol. The van der Waals surface area contributed by atoms with E-state index in [1.165, 1.54) is 12.3 Å². The maximum Gasteiger partial charge on any atom is 0.267 e. The highest BCUT2D eigenvalue weighted by molar-refractivity contribution is 7.89. The molecule has 0 saturated carbocycles. The first-order valence-electron chi connectivity index (χ1n) is 9.31. The summed E-state index contributed by atoms with van der Waals surface area (Å²) in [6.07, 6.45) is 3.91. The molecule has 1 aromatic carbocycles. The van der Waals surface area contributed by atoms with E-state index >= 15 is 0 Å². The highest BCUT2D eigenvalue weighted by Gasteiger charge is 2.21. The molecule has 1 aliphatic heterocycles. The van der Waals surface area contributed by atoms with E-state index in [0.29, 0.717) is 18.0 Å². The molecule has 1 amide bonds. The molecule has 12 heteroatoms. The number of anilines is 1. The van der Waals surface area contributed by atoms with Crippen LogP contribution in [0.1, 0.15) is 23.2 Å². The summed E-state index contributed by atoms with van der Waals surface area (Å²) in [4.78, 5) is 18.2. The van der Waals surface area contributed by atoms with Crippen LogP contribution >= 0.6 is 11.6 Å². The number of amides is 1. The lowest BCUT2D eigenvalue weighted by molar-refractivity contribution is 0.0977. The van der Waals surface area contributed by atoms with Crippen molar-refractivity contribution in [3.8, 4) is 11.5 Å². The van der Waals surface area contributed by atoms with Gasteiger partial charge in [-0.3, -0.25) is 4.79 Å². The fraction of sp³-hybridized carbons (Fsp3) is 0.368. The first-order valence-corrected chi connectivity index (χ1v) is 11.6. The summed E-state index contributed by atoms with van der Waals surface area (Å²) in [5.41, 5.74) is -0.774. The molecule has 0 unspecified atom stereocenters. The van der Waals surface area contributed by atoms with Crippen molar-refractivity contribution in [2.24, 2.45) is 0 Å². The number of aromatic nitrogens is 1. The molecule has 2 aromatic rings. The molecule has 8 nitrogen and oxygen atoms in total. The molecule has 0 aliphatic carbocycles. The van der Waals surface area contributed by atoms with Gasteiger partial charge in [0.05, 0.1) is 23.0 Å². The maximum atomic E-state index is 14.3. The Morgan fingerprint density at radius 2 is 1.90 bits per heavy atom. The van der Waals surface area contributed by atoms with Gasteiger partial charge in [0.2, 0.25) is 10.0 Å². The second kappa shape index (κ2) is 9.33. The highest BCUT2D eigenvalue weighted by Crippen LogP contribution is 2.31. The van der Waals surface area contributed by atoms with Crippen molar-refractivity contribution in [3.63, 3.8) is 0 Å². The van der Waals surface area contributed by atoms with Crippen molar-refractivity contribution in [2.75, 3.05) is 31.7 Å². The van der Waals surface area contributed by atoms with Crippen molar-refractivity contribution in [2.45, 2.75) is 18.9 Å². The van der Waals surface area contributed by atoms with Gasteiger partial charge in [0.15, 0.2) is 11.6 Å². The molecule has 1 aliphatic rings. The van der Waals surface area contributed by atoms with Crippen LogP contribution in [0, 0.1) is 11.6 Å². The number of carbonyl (C=O) groups is 1. The van der Waals surface area contributed by atoms with E-state index in [9.17, 15) is 22.0 Å². The zero-order valence-electron chi connectivity index (χ0n) is 16.8. The van der Waals surface area contributed by atoms with Crippen molar-refractivity contribution < 1.29 is 26.7 Å². The van der Waals surface area contributed by atoms with Crippen molar-refractivity contribution in [3.05, 3.63) is 46.6 Å². The van der Waals surface area contributed by atoms with Gasteiger partial charge in [-0.15, -0.1) is 0 Å². The van der Waals surface area contributed by atoms with E-state index in [-0.39, 0.29) is 16.8 Å². The molecular weight excluding hydrogens is 454 g/mol. The van der Waals surface area contributed by atoms with E-state index in [4.69, 9.17) is 16.3 Å². The number of nitrogens with zero attached hydrogens (tertiary/aromatic N) is 2. The SMILES string of the molecule is CN1CCC(Nc2ncc(Oc3cc(F)c(C(=O)NS(C)(=O)=O)cc3F)cc2Cl)CC1. The molecular formula is C19H21ClF2N4O4S. The van der Waals surface area contributed by atoms with Crippen LogP contribution in [0.15, 0.2) is 24.4 Å². The zero-order valence-corrected chi connectivity index (χ0v) is 18.4. The lowest BCUT2D eigenvalue weighted by atomic mass is 10.1. The number of hydrogen-bond donors (Lipinski definition) is 2. The second-order valence-corrected chi connectivity index (χ2v) is 9.45. The Hall–Kier alpha value is -2.50. The van der Waals surface area contributed by atoms with Crippen LogP contribution in [0.25, 0.3) is 0 Å². The summed E-state index contributed by atoms with van der Waals surface area (Å²) in [5, 5.41) is 3.52. The van der Waals surface area contributed by atoms with Gasteiger partial charge >= 0.3 is 0 Å². The van der Waals surface area contributed by atoms with Crippen molar-refractivity contribution >= 4 is 33.3 Å². The van der Waals surface area contributed by atoms with Gasteiger partial charge in [-0.25, -0.2) is 26.9 Å². The number of rotatable bonds is 6. The lowest BCUT2D eigenvalue weighted by Gasteiger charge is -2.30. The molecule has 1 saturated heterocycles. The first kappa shape index (κ1) is 23.2. The predicted octanol–water partition coefficient (Wildman–Crippen LogP) is 3.00. The molecule has 168 valence electrons. The summed E-state index contributed by atoms with van der Waals surface area (Å²) in [5.74, 6) is -3.50. The third-order valence-corrected chi connectivity index (χ3v) is 5.49. The Kier molecular flexibility index (Phi) is 6.97. The van der Waals surface area contributed by atoms with Gasteiger partial charge in [0.25, 0.3) is 5.91 Å². The third-order valence-electron chi connectivity index (χ3n) is 4.65. The highest BCUT2D eigenvalue weighted by atomic mass is 35.5. The summed E-state index contributed by atoms with van der Waals surface area (Å²) in [6.45, 7) is 1.92. The number of ether oxygens (including phenoxy) is 1. The Morgan fingerprint density at radius 1 is 1.23 bits per heavy atom. The topological polar surface area (TPSA) is 101 Å². The van der Waals surface area contributed by atoms with Crippen molar-refractivity contribution in [1.29, 1.82) is 0 Å². The summed E-state index contributed by atoms with van der Waals surface area (Å²) in [6, 6.07) is 2.83. The van der Waals surface area contributed by atoms with E-state index in [0.717, 1.165) is 32.2 Å². The number of pyridine rings is 1. The standard InChI is InChI=1S/C19H21ClF2N4O4S/c1-26-5-3-11(4-6-26)24-18-14(20)7-12(10-23-18)30-17-9-15(21)13(8-16(17)22)19(27)25-31(2,28)29/h7-11H,3-6H2,1-2H3,(H,23,24)(H,25,27). The van der Waals surface area contributed by atoms with Crippen LogP contribution < -0.4 is 14.8 Å². The van der Waals surface area contributed by atoms with Crippen LogP contribution in [0.4, 0.5) is 14.6 Å². The van der Waals surface area contributed by atoms with Crippen molar-refractivity contribution in [1.82, 2.24) is 14.6 Å². The third kappa shape index (κ3) is 6.25. The molecule has 1 aromatic heterocycles. The number of hydrogen-bond acceptors (Lipinski definition) is 7. The normalized spacial score (nSPS) is 15.5. The number of halogens is 3. The minimum atomic E-state index is -3.93. The quantitative estimate of drug-likeness (QED) is 0.663. The average molecular weight is 475 g/mol. The van der Waals surface area contributed by atoms with Crippen LogP contribution in [0.5, 0.6) is 11.5 Å². The van der Waals surface area contributed by atoms with Gasteiger partial charge in [0, 0.05) is 18.2 Å². The first-order chi connectivity index (χ1) is 14.5. The summed E-state index contributed by atoms with van der Waals surface area (Å²) >= 11 is 6.25. The number of sulfonamides is 1. The molecule has 0 bridgehead atoms. The fourth-order valence-corrected chi connectivity index (χ4v) is 3.72. The fourth-order valence-electron chi connectivity index (χ4n) is 3.06. The van der Waals surface area contributed by atoms with Gasteiger partial charge in [-0.1, -0.05) is 11.6 Å². The number of carbonyl (C=O) groups excluding carboxylic acids is 1. The minimum absolute atomic E-state index is 0.0607. The minimum Gasteiger partial charge on any atom is -0.452 e. The number of benzene rings is 1. The number of likely N-dealkylation sites (tertiary alicyclic amines) is 1. The molecule has 2 heterocycles. The van der Waals surface area contributed by atoms with E-state index < -0.39 is 38.9 Å². The predicted molar refractivity (Wildman–Crippen MR) is 112 cm³/mol. The summed E-state index contributed by atoms with van der Waals surface area (Å²) in [7, 11) is -1.88. The van der Waals surface area contributed by atoms with Gasteiger partial charge in [-0.05, 0) is 39.0 Å². The van der Waals surface area contributed by atoms with Crippen LogP contribution in [-0.2, 0) is 10.0 Å². The molecule has 31 heavy (non-hydrogen) atoms. The molecule has 3 rings (SSSR count). The molecule has 1 fully saturated rings. The van der Waals surface area contributed by atoms with Gasteiger partial charge in [-0.2, -0.15) is 0 Å². The Balaban J connectivity index is 1.73. The largest absolute Gasteiger partial charge is 0.452 e. The Bertz CT molecular complexity index is 1090. The Morgan fingerprint density at radius 3 is 2.52 bits per heavy atom. The number of piperidine rings is 1. The average Bonchev–Trinajstić information content (AvgIpc) is 2.67. The van der Waals surface area contributed by atoms with E-state index in [1.54, 1.807) is 4.72 Å². The van der Waals surface area contributed by atoms with E-state index in [2.05, 4.69) is 22.2 Å². The van der Waals surface area contributed by atoms with Crippen LogP contribution in [0.3, 0.4) is 0 Å². The molecule has 2 N–H and O–H groups in total. The van der Waals surface area contributed by atoms with Crippen LogP contribution in [-0.4, -0.2) is 56.6 Å². The Labute approximate surface area is 183 Å². The van der Waals surface area contributed by atoms with Crippen LogP contribution in [0.2, 0.25) is 5.02 Å². The lowest BCUT2D eigenvalue weighted by Crippen LogP contribution is -2.36.